The summed E-state index contributed by atoms with van der Waals surface area (Å²) in [5, 5.41) is 15.0. The molecular weight excluding hydrogens is 252 g/mol. The van der Waals surface area contributed by atoms with Gasteiger partial charge in [-0.15, -0.1) is 0 Å². The summed E-state index contributed by atoms with van der Waals surface area (Å²) in [6, 6.07) is 11.6. The maximum absolute atomic E-state index is 8.66. The molecule has 0 aliphatic carbocycles. The summed E-state index contributed by atoms with van der Waals surface area (Å²) >= 11 is 0. The van der Waals surface area contributed by atoms with E-state index in [2.05, 4.69) is 21.5 Å². The van der Waals surface area contributed by atoms with E-state index in [1.807, 2.05) is 36.5 Å². The highest BCUT2D eigenvalue weighted by Gasteiger charge is 2.00. The Morgan fingerprint density at radius 1 is 1.25 bits per heavy atom. The van der Waals surface area contributed by atoms with Crippen LogP contribution in [0.1, 0.15) is 16.7 Å². The Morgan fingerprint density at radius 3 is 2.85 bits per heavy atom. The lowest BCUT2D eigenvalue weighted by Gasteiger charge is -2.06. The average molecular weight is 270 g/mol. The maximum Gasteiger partial charge on any atom is 0.170 e. The highest BCUT2D eigenvalue weighted by molar-refractivity contribution is 5.97. The van der Waals surface area contributed by atoms with Gasteiger partial charge in [0, 0.05) is 24.5 Å². The Bertz CT molecular complexity index is 569. The number of amidine groups is 1. The topological polar surface area (TPSA) is 83.5 Å². The second kappa shape index (κ2) is 7.25. The highest BCUT2D eigenvalue weighted by atomic mass is 16.4. The van der Waals surface area contributed by atoms with Gasteiger partial charge in [-0.05, 0) is 36.2 Å². The molecule has 0 radical (unpaired) electrons. The third-order valence-corrected chi connectivity index (χ3v) is 2.97. The summed E-state index contributed by atoms with van der Waals surface area (Å²) in [4.78, 5) is 4.08. The van der Waals surface area contributed by atoms with Crippen molar-refractivity contribution in [1.29, 1.82) is 0 Å². The van der Waals surface area contributed by atoms with Gasteiger partial charge in [0.1, 0.15) is 0 Å². The van der Waals surface area contributed by atoms with Crippen molar-refractivity contribution in [2.75, 3.05) is 6.54 Å². The van der Waals surface area contributed by atoms with Crippen LogP contribution in [0.2, 0.25) is 0 Å². The van der Waals surface area contributed by atoms with E-state index in [9.17, 15) is 0 Å². The SMILES string of the molecule is NC(=NO)c1cccc(CNCCc2cccnc2)c1. The molecule has 0 saturated heterocycles. The lowest BCUT2D eigenvalue weighted by Crippen LogP contribution is -2.18. The molecule has 2 rings (SSSR count). The van der Waals surface area contributed by atoms with Crippen LogP contribution in [0.3, 0.4) is 0 Å². The molecule has 2 aromatic rings. The number of nitrogens with zero attached hydrogens (tertiary/aromatic N) is 2. The first kappa shape index (κ1) is 14.0. The maximum atomic E-state index is 8.66. The van der Waals surface area contributed by atoms with E-state index >= 15 is 0 Å². The third-order valence-electron chi connectivity index (χ3n) is 2.97. The van der Waals surface area contributed by atoms with Gasteiger partial charge in [-0.3, -0.25) is 4.98 Å². The minimum absolute atomic E-state index is 0.127. The van der Waals surface area contributed by atoms with Crippen molar-refractivity contribution in [3.8, 4) is 0 Å². The van der Waals surface area contributed by atoms with E-state index in [1.165, 1.54) is 5.56 Å². The van der Waals surface area contributed by atoms with E-state index in [4.69, 9.17) is 10.9 Å². The van der Waals surface area contributed by atoms with E-state index in [0.717, 1.165) is 30.6 Å². The highest BCUT2D eigenvalue weighted by Crippen LogP contribution is 2.05. The molecule has 1 aromatic heterocycles. The molecular formula is C15H18N4O. The quantitative estimate of drug-likeness (QED) is 0.244. The first-order valence-corrected chi connectivity index (χ1v) is 6.46. The summed E-state index contributed by atoms with van der Waals surface area (Å²) in [6.07, 6.45) is 4.59. The number of oxime groups is 1. The summed E-state index contributed by atoms with van der Waals surface area (Å²) in [6.45, 7) is 1.62. The van der Waals surface area contributed by atoms with Gasteiger partial charge in [0.2, 0.25) is 0 Å². The molecule has 5 nitrogen and oxygen atoms in total. The van der Waals surface area contributed by atoms with Gasteiger partial charge in [0.15, 0.2) is 5.84 Å². The fourth-order valence-corrected chi connectivity index (χ4v) is 1.91. The molecule has 1 heterocycles. The van der Waals surface area contributed by atoms with Crippen LogP contribution in [0.4, 0.5) is 0 Å². The summed E-state index contributed by atoms with van der Waals surface area (Å²) in [7, 11) is 0. The molecule has 0 atom stereocenters. The zero-order chi connectivity index (χ0) is 14.2. The molecule has 1 aromatic carbocycles. The Hall–Kier alpha value is -2.40. The van der Waals surface area contributed by atoms with E-state index in [0.29, 0.717) is 0 Å². The van der Waals surface area contributed by atoms with E-state index in [-0.39, 0.29) is 5.84 Å². The Morgan fingerprint density at radius 2 is 2.10 bits per heavy atom. The van der Waals surface area contributed by atoms with E-state index in [1.54, 1.807) is 6.20 Å². The number of nitrogens with two attached hydrogens (primary N) is 1. The minimum atomic E-state index is 0.127. The van der Waals surface area contributed by atoms with Crippen molar-refractivity contribution in [2.24, 2.45) is 10.9 Å². The zero-order valence-corrected chi connectivity index (χ0v) is 11.2. The van der Waals surface area contributed by atoms with Gasteiger partial charge in [0.05, 0.1) is 0 Å². The van der Waals surface area contributed by atoms with Crippen molar-refractivity contribution in [2.45, 2.75) is 13.0 Å². The average Bonchev–Trinajstić information content (AvgIpc) is 2.52. The molecule has 0 saturated carbocycles. The van der Waals surface area contributed by atoms with Crippen LogP contribution in [0.5, 0.6) is 0 Å². The number of hydrogen-bond donors (Lipinski definition) is 3. The monoisotopic (exact) mass is 270 g/mol. The molecule has 0 unspecified atom stereocenters. The lowest BCUT2D eigenvalue weighted by atomic mass is 10.1. The Balaban J connectivity index is 1.82. The van der Waals surface area contributed by atoms with Crippen LogP contribution in [0.25, 0.3) is 0 Å². The van der Waals surface area contributed by atoms with Crippen molar-refractivity contribution in [3.05, 3.63) is 65.5 Å². The molecule has 4 N–H and O–H groups in total. The van der Waals surface area contributed by atoms with Crippen molar-refractivity contribution < 1.29 is 5.21 Å². The fourth-order valence-electron chi connectivity index (χ4n) is 1.91. The number of nitrogens with one attached hydrogen (secondary N) is 1. The fraction of sp³-hybridized carbons (Fsp3) is 0.200. The Kier molecular flexibility index (Phi) is 5.08. The smallest absolute Gasteiger partial charge is 0.170 e. The summed E-state index contributed by atoms with van der Waals surface area (Å²) in [5.41, 5.74) is 8.60. The lowest BCUT2D eigenvalue weighted by molar-refractivity contribution is 0.318. The van der Waals surface area contributed by atoms with Gasteiger partial charge in [-0.2, -0.15) is 0 Å². The standard InChI is InChI=1S/C15H18N4O/c16-15(19-20)14-5-1-3-13(9-14)11-18-8-6-12-4-2-7-17-10-12/h1-5,7,9-10,18,20H,6,8,11H2,(H2,16,19). The number of pyridine rings is 1. The molecule has 0 aliphatic rings. The molecule has 0 fully saturated rings. The molecule has 20 heavy (non-hydrogen) atoms. The number of rotatable bonds is 6. The van der Waals surface area contributed by atoms with Crippen molar-refractivity contribution in [3.63, 3.8) is 0 Å². The van der Waals surface area contributed by atoms with Gasteiger partial charge in [-0.1, -0.05) is 29.4 Å². The number of benzene rings is 1. The second-order valence-electron chi connectivity index (χ2n) is 4.47. The largest absolute Gasteiger partial charge is 0.409 e. The van der Waals surface area contributed by atoms with Crippen LogP contribution >= 0.6 is 0 Å². The molecule has 0 spiro atoms. The molecule has 0 aliphatic heterocycles. The molecule has 0 amide bonds. The van der Waals surface area contributed by atoms with Crippen molar-refractivity contribution in [1.82, 2.24) is 10.3 Å². The molecule has 104 valence electrons. The third kappa shape index (κ3) is 4.07. The second-order valence-corrected chi connectivity index (χ2v) is 4.47. The predicted octanol–water partition coefficient (Wildman–Crippen LogP) is 1.51. The van der Waals surface area contributed by atoms with Gasteiger partial charge in [0.25, 0.3) is 0 Å². The van der Waals surface area contributed by atoms with Gasteiger partial charge < -0.3 is 16.3 Å². The zero-order valence-electron chi connectivity index (χ0n) is 11.2. The van der Waals surface area contributed by atoms with Gasteiger partial charge in [-0.25, -0.2) is 0 Å². The predicted molar refractivity (Wildman–Crippen MR) is 78.6 cm³/mol. The van der Waals surface area contributed by atoms with Crippen LogP contribution in [-0.4, -0.2) is 22.6 Å². The first-order chi connectivity index (χ1) is 9.79. The normalized spacial score (nSPS) is 11.5. The number of aromatic nitrogens is 1. The summed E-state index contributed by atoms with van der Waals surface area (Å²) < 4.78 is 0. The number of hydrogen-bond acceptors (Lipinski definition) is 4. The first-order valence-electron chi connectivity index (χ1n) is 6.46. The van der Waals surface area contributed by atoms with Crippen LogP contribution < -0.4 is 11.1 Å². The van der Waals surface area contributed by atoms with E-state index < -0.39 is 0 Å². The van der Waals surface area contributed by atoms with Gasteiger partial charge >= 0.3 is 0 Å². The molecule has 0 bridgehead atoms. The summed E-state index contributed by atoms with van der Waals surface area (Å²) in [5.74, 6) is 0.127. The minimum Gasteiger partial charge on any atom is -0.409 e. The van der Waals surface area contributed by atoms with Crippen LogP contribution in [-0.2, 0) is 13.0 Å². The van der Waals surface area contributed by atoms with Crippen LogP contribution in [0, 0.1) is 0 Å². The molecule has 5 heteroatoms. The Labute approximate surface area is 118 Å². The van der Waals surface area contributed by atoms with Crippen molar-refractivity contribution >= 4 is 5.84 Å². The van der Waals surface area contributed by atoms with Crippen LogP contribution in [0.15, 0.2) is 53.9 Å².